The number of carboxylic acid groups (broad SMARTS) is 1. The number of nitrogens with one attached hydrogen (secondary N) is 2. The second-order valence-corrected chi connectivity index (χ2v) is 8.36. The van der Waals surface area contributed by atoms with Crippen molar-refractivity contribution in [2.24, 2.45) is 0 Å². The van der Waals surface area contributed by atoms with Crippen molar-refractivity contribution in [1.82, 2.24) is 15.6 Å². The summed E-state index contributed by atoms with van der Waals surface area (Å²) < 4.78 is 5.52. The molecule has 3 aromatic rings. The van der Waals surface area contributed by atoms with Crippen LogP contribution in [0.2, 0.25) is 0 Å². The van der Waals surface area contributed by atoms with Crippen LogP contribution >= 0.6 is 0 Å². The van der Waals surface area contributed by atoms with Gasteiger partial charge in [-0.25, -0.2) is 4.79 Å². The number of amides is 2. The minimum atomic E-state index is -1.05. The van der Waals surface area contributed by atoms with Crippen molar-refractivity contribution in [3.8, 4) is 11.1 Å². The Bertz CT molecular complexity index is 1150. The second kappa shape index (κ2) is 11.3. The van der Waals surface area contributed by atoms with Gasteiger partial charge in [-0.05, 0) is 46.7 Å². The molecule has 0 aliphatic heterocycles. The lowest BCUT2D eigenvalue weighted by Crippen LogP contribution is -2.47. The first-order chi connectivity index (χ1) is 17.0. The van der Waals surface area contributed by atoms with Crippen molar-refractivity contribution in [1.29, 1.82) is 0 Å². The average molecular weight is 474 g/mol. The van der Waals surface area contributed by atoms with E-state index in [1.165, 1.54) is 0 Å². The molecule has 180 valence electrons. The molecule has 35 heavy (non-hydrogen) atoms. The summed E-state index contributed by atoms with van der Waals surface area (Å²) in [7, 11) is 0. The highest BCUT2D eigenvalue weighted by Gasteiger charge is 2.29. The van der Waals surface area contributed by atoms with Crippen LogP contribution in [0, 0.1) is 0 Å². The SMILES string of the molecule is O=C(O)CCC(NC(=O)OCC1c2ccccc2-c2ccccc21)C(=O)NCCc1cccnc1. The Hall–Kier alpha value is -4.20. The molecule has 4 rings (SSSR count). The van der Waals surface area contributed by atoms with Crippen LogP contribution in [0.25, 0.3) is 11.1 Å². The smallest absolute Gasteiger partial charge is 0.407 e. The Morgan fingerprint density at radius 1 is 0.971 bits per heavy atom. The number of rotatable bonds is 10. The minimum absolute atomic E-state index is 0.0434. The van der Waals surface area contributed by atoms with E-state index in [4.69, 9.17) is 9.84 Å². The summed E-state index contributed by atoms with van der Waals surface area (Å²) in [5.41, 5.74) is 5.35. The molecule has 0 spiro atoms. The van der Waals surface area contributed by atoms with Gasteiger partial charge in [0.1, 0.15) is 12.6 Å². The molecule has 1 aliphatic carbocycles. The van der Waals surface area contributed by atoms with Crippen molar-refractivity contribution in [3.63, 3.8) is 0 Å². The Morgan fingerprint density at radius 3 is 2.29 bits per heavy atom. The van der Waals surface area contributed by atoms with Gasteiger partial charge in [0, 0.05) is 31.3 Å². The fourth-order valence-electron chi connectivity index (χ4n) is 4.32. The van der Waals surface area contributed by atoms with Crippen LogP contribution in [0.1, 0.15) is 35.4 Å². The molecule has 0 saturated carbocycles. The van der Waals surface area contributed by atoms with Gasteiger partial charge in [-0.15, -0.1) is 0 Å². The fraction of sp³-hybridized carbons (Fsp3) is 0.259. The monoisotopic (exact) mass is 473 g/mol. The van der Waals surface area contributed by atoms with Crippen LogP contribution in [0.3, 0.4) is 0 Å². The van der Waals surface area contributed by atoms with Gasteiger partial charge in [0.2, 0.25) is 5.91 Å². The lowest BCUT2D eigenvalue weighted by molar-refractivity contribution is -0.137. The summed E-state index contributed by atoms with van der Waals surface area (Å²) >= 11 is 0. The maximum absolute atomic E-state index is 12.7. The van der Waals surface area contributed by atoms with Crippen molar-refractivity contribution >= 4 is 18.0 Å². The summed E-state index contributed by atoms with van der Waals surface area (Å²) in [6, 6.07) is 18.7. The largest absolute Gasteiger partial charge is 0.481 e. The highest BCUT2D eigenvalue weighted by molar-refractivity contribution is 5.86. The Kier molecular flexibility index (Phi) is 7.72. The summed E-state index contributed by atoms with van der Waals surface area (Å²) in [4.78, 5) is 40.4. The number of aromatic nitrogens is 1. The number of ether oxygens (including phenoxy) is 1. The molecule has 1 aliphatic rings. The highest BCUT2D eigenvalue weighted by Crippen LogP contribution is 2.44. The van der Waals surface area contributed by atoms with Crippen LogP contribution in [-0.2, 0) is 20.7 Å². The molecule has 1 heterocycles. The third-order valence-electron chi connectivity index (χ3n) is 6.03. The molecule has 0 fully saturated rings. The standard InChI is InChI=1S/C27H27N3O5/c31-25(32)12-11-24(26(33)29-15-13-18-6-5-14-28-16-18)30-27(34)35-17-23-21-9-3-1-7-19(21)20-8-2-4-10-22(20)23/h1-10,14,16,23-24H,11-13,15,17H2,(H,29,33)(H,30,34)(H,31,32). The Balaban J connectivity index is 1.35. The van der Waals surface area contributed by atoms with Crippen LogP contribution in [0.15, 0.2) is 73.1 Å². The molecule has 0 radical (unpaired) electrons. The van der Waals surface area contributed by atoms with E-state index in [9.17, 15) is 14.4 Å². The average Bonchev–Trinajstić information content (AvgIpc) is 3.19. The molecule has 0 bridgehead atoms. The number of benzene rings is 2. The predicted octanol–water partition coefficient (Wildman–Crippen LogP) is 3.51. The number of fused-ring (bicyclic) bond motifs is 3. The zero-order valence-corrected chi connectivity index (χ0v) is 19.1. The normalized spacial score (nSPS) is 12.8. The van der Waals surface area contributed by atoms with Crippen molar-refractivity contribution in [3.05, 3.63) is 89.7 Å². The fourth-order valence-corrected chi connectivity index (χ4v) is 4.32. The topological polar surface area (TPSA) is 118 Å². The van der Waals surface area contributed by atoms with Gasteiger partial charge in [0.05, 0.1) is 0 Å². The second-order valence-electron chi connectivity index (χ2n) is 8.36. The zero-order chi connectivity index (χ0) is 24.6. The summed E-state index contributed by atoms with van der Waals surface area (Å²) in [5.74, 6) is -1.62. The summed E-state index contributed by atoms with van der Waals surface area (Å²) in [6.45, 7) is 0.439. The van der Waals surface area contributed by atoms with E-state index in [2.05, 4.69) is 15.6 Å². The molecule has 3 N–H and O–H groups in total. The molecular weight excluding hydrogens is 446 g/mol. The third-order valence-corrected chi connectivity index (χ3v) is 6.03. The predicted molar refractivity (Wildman–Crippen MR) is 130 cm³/mol. The lowest BCUT2D eigenvalue weighted by atomic mass is 9.98. The van der Waals surface area contributed by atoms with E-state index in [0.717, 1.165) is 27.8 Å². The van der Waals surface area contributed by atoms with Crippen LogP contribution < -0.4 is 10.6 Å². The Morgan fingerprint density at radius 2 is 1.66 bits per heavy atom. The number of nitrogens with zero attached hydrogens (tertiary/aromatic N) is 1. The number of carboxylic acids is 1. The maximum atomic E-state index is 12.7. The summed E-state index contributed by atoms with van der Waals surface area (Å²) in [6.07, 6.45) is 2.88. The number of alkyl carbamates (subject to hydrolysis) is 1. The van der Waals surface area contributed by atoms with Crippen molar-refractivity contribution in [2.75, 3.05) is 13.2 Å². The molecular formula is C27H27N3O5. The molecule has 8 heteroatoms. The van der Waals surface area contributed by atoms with Crippen molar-refractivity contribution in [2.45, 2.75) is 31.2 Å². The number of hydrogen-bond acceptors (Lipinski definition) is 5. The van der Waals surface area contributed by atoms with E-state index >= 15 is 0 Å². The minimum Gasteiger partial charge on any atom is -0.481 e. The van der Waals surface area contributed by atoms with Crippen LogP contribution in [0.4, 0.5) is 4.79 Å². The van der Waals surface area contributed by atoms with Gasteiger partial charge in [0.25, 0.3) is 0 Å². The molecule has 1 unspecified atom stereocenters. The molecule has 1 atom stereocenters. The number of carbonyl (C=O) groups excluding carboxylic acids is 2. The molecule has 2 amide bonds. The van der Waals surface area contributed by atoms with Crippen LogP contribution in [-0.4, -0.2) is 47.3 Å². The van der Waals surface area contributed by atoms with Gasteiger partial charge in [0.15, 0.2) is 0 Å². The van der Waals surface area contributed by atoms with E-state index in [-0.39, 0.29) is 25.4 Å². The first kappa shape index (κ1) is 23.9. The zero-order valence-electron chi connectivity index (χ0n) is 19.1. The van der Waals surface area contributed by atoms with Gasteiger partial charge in [-0.1, -0.05) is 54.6 Å². The number of hydrogen-bond donors (Lipinski definition) is 3. The van der Waals surface area contributed by atoms with Gasteiger partial charge in [-0.3, -0.25) is 14.6 Å². The summed E-state index contributed by atoms with van der Waals surface area (Å²) in [5, 5.41) is 14.4. The van der Waals surface area contributed by atoms with E-state index in [1.54, 1.807) is 12.4 Å². The van der Waals surface area contributed by atoms with E-state index in [0.29, 0.717) is 13.0 Å². The number of carbonyl (C=O) groups is 3. The molecule has 0 saturated heterocycles. The molecule has 1 aromatic heterocycles. The number of aliphatic carboxylic acids is 1. The number of pyridine rings is 1. The molecule has 2 aromatic carbocycles. The first-order valence-electron chi connectivity index (χ1n) is 11.5. The van der Waals surface area contributed by atoms with Crippen LogP contribution in [0.5, 0.6) is 0 Å². The third kappa shape index (κ3) is 6.03. The van der Waals surface area contributed by atoms with Gasteiger partial charge < -0.3 is 20.5 Å². The first-order valence-corrected chi connectivity index (χ1v) is 11.5. The molecule has 8 nitrogen and oxygen atoms in total. The highest BCUT2D eigenvalue weighted by atomic mass is 16.5. The quantitative estimate of drug-likeness (QED) is 0.415. The van der Waals surface area contributed by atoms with E-state index in [1.807, 2.05) is 60.7 Å². The maximum Gasteiger partial charge on any atom is 0.407 e. The lowest BCUT2D eigenvalue weighted by Gasteiger charge is -2.19. The van der Waals surface area contributed by atoms with Gasteiger partial charge in [-0.2, -0.15) is 0 Å². The van der Waals surface area contributed by atoms with E-state index < -0.39 is 24.0 Å². The Labute approximate surface area is 203 Å². The van der Waals surface area contributed by atoms with Crippen molar-refractivity contribution < 1.29 is 24.2 Å². The van der Waals surface area contributed by atoms with Gasteiger partial charge >= 0.3 is 12.1 Å².